The quantitative estimate of drug-likeness (QED) is 0.630. The highest BCUT2D eigenvalue weighted by atomic mass is 16.5. The second kappa shape index (κ2) is 6.65. The van der Waals surface area contributed by atoms with Crippen molar-refractivity contribution in [2.75, 3.05) is 6.61 Å². The monoisotopic (exact) mass is 309 g/mol. The molecule has 0 aliphatic carbocycles. The van der Waals surface area contributed by atoms with E-state index in [1.165, 1.54) is 6.92 Å². The minimum atomic E-state index is -0.323. The first-order valence-corrected chi connectivity index (χ1v) is 7.69. The highest BCUT2D eigenvalue weighted by molar-refractivity contribution is 5.91. The third-order valence-corrected chi connectivity index (χ3v) is 4.15. The minimum Gasteiger partial charge on any atom is -0.464 e. The van der Waals surface area contributed by atoms with Crippen molar-refractivity contribution in [1.29, 1.82) is 0 Å². The zero-order valence-corrected chi connectivity index (χ0v) is 13.0. The second-order valence-electron chi connectivity index (χ2n) is 5.71. The van der Waals surface area contributed by atoms with Crippen molar-refractivity contribution in [3.63, 3.8) is 0 Å². The van der Waals surface area contributed by atoms with Crippen LogP contribution in [0.5, 0.6) is 0 Å². The molecule has 23 heavy (non-hydrogen) atoms. The van der Waals surface area contributed by atoms with Crippen molar-refractivity contribution >= 4 is 11.9 Å². The van der Waals surface area contributed by atoms with E-state index in [2.05, 4.69) is 0 Å². The van der Waals surface area contributed by atoms with E-state index in [0.717, 1.165) is 11.1 Å². The molecule has 1 heterocycles. The molecule has 0 bridgehead atoms. The van der Waals surface area contributed by atoms with Crippen LogP contribution in [-0.4, -0.2) is 29.4 Å². The molecule has 4 heteroatoms. The summed E-state index contributed by atoms with van der Waals surface area (Å²) in [5.41, 5.74) is 2.04. The highest BCUT2D eigenvalue weighted by Crippen LogP contribution is 2.37. The Morgan fingerprint density at radius 2 is 1.65 bits per heavy atom. The van der Waals surface area contributed by atoms with E-state index in [-0.39, 0.29) is 30.4 Å². The summed E-state index contributed by atoms with van der Waals surface area (Å²) in [6, 6.07) is 19.4. The number of hydrogen-bond acceptors (Lipinski definition) is 3. The summed E-state index contributed by atoms with van der Waals surface area (Å²) in [7, 11) is 0. The molecule has 2 aromatic carbocycles. The molecule has 1 fully saturated rings. The largest absolute Gasteiger partial charge is 0.464 e. The Hall–Kier alpha value is -2.62. The molecule has 3 rings (SSSR count). The van der Waals surface area contributed by atoms with Gasteiger partial charge in [0.15, 0.2) is 0 Å². The lowest BCUT2D eigenvalue weighted by molar-refractivity contribution is -0.160. The number of esters is 1. The number of benzene rings is 2. The van der Waals surface area contributed by atoms with Gasteiger partial charge in [0, 0.05) is 13.5 Å². The van der Waals surface area contributed by atoms with E-state index in [1.807, 2.05) is 60.7 Å². The molecule has 0 saturated carbocycles. The number of rotatable bonds is 5. The van der Waals surface area contributed by atoms with Crippen LogP contribution >= 0.6 is 0 Å². The Balaban J connectivity index is 1.79. The van der Waals surface area contributed by atoms with Gasteiger partial charge in [0.1, 0.15) is 6.61 Å². The standard InChI is InChI=1S/C19H19NO3/c1-14(21)23-13-17-18(16-10-6-3-7-11-16)19(22)20(17)12-15-8-4-2-5-9-15/h2-11,17-18H,12-13H2,1H3/t17-,18-/m0/s1. The molecular formula is C19H19NO3. The number of carbonyl (C=O) groups is 2. The first kappa shape index (κ1) is 15.3. The molecule has 0 unspecified atom stereocenters. The first-order chi connectivity index (χ1) is 11.2. The summed E-state index contributed by atoms with van der Waals surface area (Å²) >= 11 is 0. The number of hydrogen-bond donors (Lipinski definition) is 0. The maximum absolute atomic E-state index is 12.6. The summed E-state index contributed by atoms with van der Waals surface area (Å²) < 4.78 is 5.18. The van der Waals surface area contributed by atoms with Crippen molar-refractivity contribution in [3.8, 4) is 0 Å². The smallest absolute Gasteiger partial charge is 0.302 e. The van der Waals surface area contributed by atoms with Crippen LogP contribution < -0.4 is 0 Å². The van der Waals surface area contributed by atoms with E-state index in [0.29, 0.717) is 6.54 Å². The van der Waals surface area contributed by atoms with E-state index in [1.54, 1.807) is 4.90 Å². The predicted octanol–water partition coefficient (Wildman–Crippen LogP) is 2.74. The van der Waals surface area contributed by atoms with Gasteiger partial charge in [-0.1, -0.05) is 60.7 Å². The first-order valence-electron chi connectivity index (χ1n) is 7.69. The van der Waals surface area contributed by atoms with Gasteiger partial charge in [-0.2, -0.15) is 0 Å². The van der Waals surface area contributed by atoms with Crippen molar-refractivity contribution in [1.82, 2.24) is 4.90 Å². The molecule has 0 aromatic heterocycles. The number of likely N-dealkylation sites (tertiary alicyclic amines) is 1. The Morgan fingerprint density at radius 1 is 1.04 bits per heavy atom. The van der Waals surface area contributed by atoms with E-state index in [4.69, 9.17) is 4.74 Å². The average molecular weight is 309 g/mol. The highest BCUT2D eigenvalue weighted by Gasteiger charge is 2.48. The maximum atomic E-state index is 12.6. The number of carbonyl (C=O) groups excluding carboxylic acids is 2. The molecule has 0 radical (unpaired) electrons. The summed E-state index contributed by atoms with van der Waals surface area (Å²) in [6.45, 7) is 2.15. The van der Waals surface area contributed by atoms with Gasteiger partial charge in [0.25, 0.3) is 0 Å². The third-order valence-electron chi connectivity index (χ3n) is 4.15. The van der Waals surface area contributed by atoms with Crippen molar-refractivity contribution in [3.05, 3.63) is 71.8 Å². The van der Waals surface area contributed by atoms with Crippen molar-refractivity contribution < 1.29 is 14.3 Å². The molecular weight excluding hydrogens is 290 g/mol. The lowest BCUT2D eigenvalue weighted by Gasteiger charge is -2.47. The Morgan fingerprint density at radius 3 is 2.26 bits per heavy atom. The van der Waals surface area contributed by atoms with Crippen LogP contribution in [0.15, 0.2) is 60.7 Å². The van der Waals surface area contributed by atoms with Gasteiger partial charge in [0.2, 0.25) is 5.91 Å². The van der Waals surface area contributed by atoms with Gasteiger partial charge >= 0.3 is 5.97 Å². The Labute approximate surface area is 135 Å². The topological polar surface area (TPSA) is 46.6 Å². The van der Waals surface area contributed by atoms with Crippen LogP contribution in [-0.2, 0) is 20.9 Å². The van der Waals surface area contributed by atoms with E-state index >= 15 is 0 Å². The van der Waals surface area contributed by atoms with Gasteiger partial charge in [-0.3, -0.25) is 9.59 Å². The fraction of sp³-hybridized carbons (Fsp3) is 0.263. The fourth-order valence-corrected chi connectivity index (χ4v) is 2.99. The summed E-state index contributed by atoms with van der Waals surface area (Å²) in [4.78, 5) is 25.5. The number of ether oxygens (including phenoxy) is 1. The molecule has 0 spiro atoms. The summed E-state index contributed by atoms with van der Waals surface area (Å²) in [5.74, 6) is -0.479. The number of nitrogens with zero attached hydrogens (tertiary/aromatic N) is 1. The van der Waals surface area contributed by atoms with Gasteiger partial charge in [-0.05, 0) is 11.1 Å². The fourth-order valence-electron chi connectivity index (χ4n) is 2.99. The molecule has 118 valence electrons. The summed E-state index contributed by atoms with van der Waals surface area (Å²) in [5, 5.41) is 0. The summed E-state index contributed by atoms with van der Waals surface area (Å²) in [6.07, 6.45) is 0. The van der Waals surface area contributed by atoms with Gasteiger partial charge in [0.05, 0.1) is 12.0 Å². The van der Waals surface area contributed by atoms with E-state index in [9.17, 15) is 9.59 Å². The molecule has 0 N–H and O–H groups in total. The van der Waals surface area contributed by atoms with Crippen LogP contribution in [0.4, 0.5) is 0 Å². The van der Waals surface area contributed by atoms with Gasteiger partial charge in [-0.25, -0.2) is 0 Å². The zero-order chi connectivity index (χ0) is 16.2. The molecule has 1 amide bonds. The van der Waals surface area contributed by atoms with Crippen LogP contribution in [0.2, 0.25) is 0 Å². The Kier molecular flexibility index (Phi) is 4.42. The predicted molar refractivity (Wildman–Crippen MR) is 86.6 cm³/mol. The van der Waals surface area contributed by atoms with Gasteiger partial charge in [-0.15, -0.1) is 0 Å². The molecule has 1 aliphatic rings. The lowest BCUT2D eigenvalue weighted by Crippen LogP contribution is -2.60. The van der Waals surface area contributed by atoms with Gasteiger partial charge < -0.3 is 9.64 Å². The molecule has 1 aliphatic heterocycles. The molecule has 2 aromatic rings. The Bertz CT molecular complexity index is 684. The van der Waals surface area contributed by atoms with Crippen LogP contribution in [0.3, 0.4) is 0 Å². The SMILES string of the molecule is CC(=O)OC[C@H]1[C@H](c2ccccc2)C(=O)N1Cc1ccccc1. The molecule has 1 saturated heterocycles. The van der Waals surface area contributed by atoms with Crippen molar-refractivity contribution in [2.45, 2.75) is 25.4 Å². The molecule has 4 nitrogen and oxygen atoms in total. The van der Waals surface area contributed by atoms with E-state index < -0.39 is 0 Å². The van der Waals surface area contributed by atoms with Crippen LogP contribution in [0, 0.1) is 0 Å². The average Bonchev–Trinajstić information content (AvgIpc) is 2.57. The third kappa shape index (κ3) is 3.26. The number of amides is 1. The minimum absolute atomic E-state index is 0.0807. The van der Waals surface area contributed by atoms with Crippen molar-refractivity contribution in [2.24, 2.45) is 0 Å². The second-order valence-corrected chi connectivity index (χ2v) is 5.71. The number of β-lactam (4-membered cyclic amide) rings is 1. The normalized spacial score (nSPS) is 20.0. The lowest BCUT2D eigenvalue weighted by atomic mass is 9.81. The molecule has 2 atom stereocenters. The van der Waals surface area contributed by atoms with Crippen LogP contribution in [0.1, 0.15) is 24.0 Å². The zero-order valence-electron chi connectivity index (χ0n) is 13.0. The van der Waals surface area contributed by atoms with Crippen LogP contribution in [0.25, 0.3) is 0 Å². The maximum Gasteiger partial charge on any atom is 0.302 e.